The molecule has 2 bridgehead atoms. The van der Waals surface area contributed by atoms with Crippen molar-refractivity contribution in [3.05, 3.63) is 65.9 Å². The third-order valence-corrected chi connectivity index (χ3v) is 6.15. The standard InChI is InChI=1S/C22H19F4N5O2/c23-16-10-14(22(24,25)26)11-27-20(16)33-19-9-13-5-6-18(19)30(12-13)21(32)15-3-1-2-4-17(15)31-28-7-8-29-31/h1-4,7-8,10-11,13,18-19H,5-6,9,12H2/t13-,18+,19-/m1/s1. The van der Waals surface area contributed by atoms with Gasteiger partial charge in [-0.25, -0.2) is 9.37 Å². The largest absolute Gasteiger partial charge is 0.470 e. The molecule has 1 aromatic carbocycles. The molecule has 4 heterocycles. The van der Waals surface area contributed by atoms with E-state index >= 15 is 0 Å². The highest BCUT2D eigenvalue weighted by Crippen LogP contribution is 2.39. The van der Waals surface area contributed by atoms with E-state index in [0.717, 1.165) is 6.42 Å². The van der Waals surface area contributed by atoms with E-state index < -0.39 is 29.5 Å². The van der Waals surface area contributed by atoms with Gasteiger partial charge in [0.1, 0.15) is 6.10 Å². The minimum atomic E-state index is -4.70. The first kappa shape index (κ1) is 21.4. The number of fused-ring (bicyclic) bond motifs is 3. The minimum absolute atomic E-state index is 0.136. The van der Waals surface area contributed by atoms with E-state index in [1.54, 1.807) is 29.2 Å². The smallest absolute Gasteiger partial charge is 0.417 e. The summed E-state index contributed by atoms with van der Waals surface area (Å²) in [5.41, 5.74) is -0.237. The molecule has 3 fully saturated rings. The van der Waals surface area contributed by atoms with Crippen LogP contribution in [0.25, 0.3) is 5.69 Å². The Morgan fingerprint density at radius 2 is 1.88 bits per heavy atom. The number of benzene rings is 1. The summed E-state index contributed by atoms with van der Waals surface area (Å²) < 4.78 is 58.5. The lowest BCUT2D eigenvalue weighted by atomic mass is 9.77. The van der Waals surface area contributed by atoms with Crippen LogP contribution < -0.4 is 4.74 Å². The number of hydrogen-bond donors (Lipinski definition) is 0. The summed E-state index contributed by atoms with van der Waals surface area (Å²) >= 11 is 0. The second-order valence-electron chi connectivity index (χ2n) is 8.20. The number of halogens is 4. The third kappa shape index (κ3) is 4.03. The highest BCUT2D eigenvalue weighted by atomic mass is 19.4. The molecule has 1 saturated carbocycles. The van der Waals surface area contributed by atoms with Crippen molar-refractivity contribution in [3.8, 4) is 11.6 Å². The first-order valence-corrected chi connectivity index (χ1v) is 10.5. The number of amides is 1. The van der Waals surface area contributed by atoms with Gasteiger partial charge in [0.2, 0.25) is 0 Å². The molecule has 1 amide bonds. The first-order chi connectivity index (χ1) is 15.8. The zero-order chi connectivity index (χ0) is 23.2. The number of hydrogen-bond acceptors (Lipinski definition) is 5. The molecule has 172 valence electrons. The Labute approximate surface area is 186 Å². The lowest BCUT2D eigenvalue weighted by Crippen LogP contribution is -2.59. The van der Waals surface area contributed by atoms with Crippen LogP contribution in [-0.2, 0) is 6.18 Å². The fraction of sp³-hybridized carbons (Fsp3) is 0.364. The second-order valence-corrected chi connectivity index (χ2v) is 8.20. The number of piperidine rings is 2. The van der Waals surface area contributed by atoms with Gasteiger partial charge in [-0.15, -0.1) is 0 Å². The zero-order valence-corrected chi connectivity index (χ0v) is 17.2. The maximum Gasteiger partial charge on any atom is 0.417 e. The summed E-state index contributed by atoms with van der Waals surface area (Å²) in [4.78, 5) is 20.1. The number of nitrogens with zero attached hydrogens (tertiary/aromatic N) is 5. The summed E-state index contributed by atoms with van der Waals surface area (Å²) in [6.07, 6.45) is 0.408. The Morgan fingerprint density at radius 1 is 1.12 bits per heavy atom. The summed E-state index contributed by atoms with van der Waals surface area (Å²) in [7, 11) is 0. The lowest BCUT2D eigenvalue weighted by molar-refractivity contribution is -0.138. The van der Waals surface area contributed by atoms with Crippen LogP contribution in [0.3, 0.4) is 0 Å². The second kappa shape index (κ2) is 8.13. The SMILES string of the molecule is O=C(c1ccccc1-n1nccn1)N1C[C@@H]2CC[C@H]1[C@H](Oc1ncc(C(F)(F)F)cc1F)C2. The average molecular weight is 461 g/mol. The molecule has 2 aromatic heterocycles. The van der Waals surface area contributed by atoms with Crippen molar-refractivity contribution in [1.82, 2.24) is 24.9 Å². The van der Waals surface area contributed by atoms with Crippen molar-refractivity contribution in [2.24, 2.45) is 5.92 Å². The number of rotatable bonds is 4. The highest BCUT2D eigenvalue weighted by molar-refractivity contribution is 5.98. The molecule has 7 nitrogen and oxygen atoms in total. The molecule has 33 heavy (non-hydrogen) atoms. The van der Waals surface area contributed by atoms with Crippen molar-refractivity contribution < 1.29 is 27.1 Å². The lowest BCUT2D eigenvalue weighted by Gasteiger charge is -2.49. The predicted molar refractivity (Wildman–Crippen MR) is 107 cm³/mol. The fourth-order valence-electron chi connectivity index (χ4n) is 4.63. The van der Waals surface area contributed by atoms with E-state index in [2.05, 4.69) is 15.2 Å². The van der Waals surface area contributed by atoms with E-state index in [1.165, 1.54) is 17.2 Å². The summed E-state index contributed by atoms with van der Waals surface area (Å²) in [5.74, 6) is -1.77. The van der Waals surface area contributed by atoms with Crippen molar-refractivity contribution in [1.29, 1.82) is 0 Å². The van der Waals surface area contributed by atoms with Gasteiger partial charge in [0.25, 0.3) is 11.8 Å². The molecule has 0 unspecified atom stereocenters. The van der Waals surface area contributed by atoms with Crippen molar-refractivity contribution >= 4 is 5.91 Å². The monoisotopic (exact) mass is 461 g/mol. The molecule has 3 aromatic rings. The highest BCUT2D eigenvalue weighted by Gasteiger charge is 2.45. The number of para-hydroxylation sites is 1. The number of alkyl halides is 3. The van der Waals surface area contributed by atoms with Gasteiger partial charge in [0.15, 0.2) is 5.82 Å². The Hall–Kier alpha value is -3.50. The predicted octanol–water partition coefficient (Wildman–Crippen LogP) is 3.89. The van der Waals surface area contributed by atoms with E-state index in [9.17, 15) is 22.4 Å². The molecule has 0 spiro atoms. The summed E-state index contributed by atoms with van der Waals surface area (Å²) in [6.45, 7) is 0.521. The van der Waals surface area contributed by atoms with E-state index in [1.807, 2.05) is 0 Å². The molecule has 11 heteroatoms. The molecule has 0 radical (unpaired) electrons. The number of carbonyl (C=O) groups excluding carboxylic acids is 1. The zero-order valence-electron chi connectivity index (χ0n) is 17.2. The Bertz CT molecular complexity index is 1170. The average Bonchev–Trinajstić information content (AvgIpc) is 3.34. The summed E-state index contributed by atoms with van der Waals surface area (Å²) in [5, 5.41) is 8.22. The molecule has 1 aliphatic carbocycles. The number of ether oxygens (including phenoxy) is 1. The van der Waals surface area contributed by atoms with Crippen LogP contribution in [0.1, 0.15) is 35.2 Å². The van der Waals surface area contributed by atoms with Crippen LogP contribution in [-0.4, -0.2) is 49.5 Å². The topological polar surface area (TPSA) is 73.1 Å². The molecule has 0 N–H and O–H groups in total. The number of aromatic nitrogens is 4. The molecular formula is C22H19F4N5O2. The van der Waals surface area contributed by atoms with Gasteiger partial charge in [-0.1, -0.05) is 12.1 Å². The van der Waals surface area contributed by atoms with Crippen LogP contribution in [0.5, 0.6) is 5.88 Å². The van der Waals surface area contributed by atoms with Crippen LogP contribution in [0.4, 0.5) is 17.6 Å². The van der Waals surface area contributed by atoms with E-state index in [0.29, 0.717) is 42.9 Å². The van der Waals surface area contributed by atoms with Gasteiger partial charge < -0.3 is 9.64 Å². The third-order valence-electron chi connectivity index (χ3n) is 6.15. The minimum Gasteiger partial charge on any atom is -0.470 e. The summed E-state index contributed by atoms with van der Waals surface area (Å²) in [6, 6.07) is 6.98. The number of carbonyl (C=O) groups is 1. The maximum absolute atomic E-state index is 14.3. The van der Waals surface area contributed by atoms with Gasteiger partial charge in [-0.3, -0.25) is 4.79 Å². The van der Waals surface area contributed by atoms with Crippen molar-refractivity contribution in [2.75, 3.05) is 6.54 Å². The molecule has 2 aliphatic heterocycles. The molecule has 6 rings (SSSR count). The molecule has 2 saturated heterocycles. The van der Waals surface area contributed by atoms with Gasteiger partial charge in [-0.05, 0) is 43.4 Å². The van der Waals surface area contributed by atoms with Crippen LogP contribution >= 0.6 is 0 Å². The Morgan fingerprint density at radius 3 is 2.58 bits per heavy atom. The van der Waals surface area contributed by atoms with Crippen molar-refractivity contribution in [2.45, 2.75) is 37.6 Å². The molecular weight excluding hydrogens is 442 g/mol. The van der Waals surface area contributed by atoms with E-state index in [-0.39, 0.29) is 17.9 Å². The Kier molecular flexibility index (Phi) is 5.26. The molecule has 3 atom stereocenters. The van der Waals surface area contributed by atoms with Gasteiger partial charge >= 0.3 is 6.18 Å². The quantitative estimate of drug-likeness (QED) is 0.552. The van der Waals surface area contributed by atoms with Gasteiger partial charge in [-0.2, -0.15) is 28.2 Å². The van der Waals surface area contributed by atoms with Crippen LogP contribution in [0.2, 0.25) is 0 Å². The molecule has 3 aliphatic rings. The van der Waals surface area contributed by atoms with Crippen molar-refractivity contribution in [3.63, 3.8) is 0 Å². The van der Waals surface area contributed by atoms with Crippen LogP contribution in [0, 0.1) is 11.7 Å². The normalized spacial score (nSPS) is 22.4. The number of pyridine rings is 1. The first-order valence-electron chi connectivity index (χ1n) is 10.5. The fourth-order valence-corrected chi connectivity index (χ4v) is 4.63. The van der Waals surface area contributed by atoms with Crippen LogP contribution in [0.15, 0.2) is 48.9 Å². The Balaban J connectivity index is 1.40. The van der Waals surface area contributed by atoms with Gasteiger partial charge in [0.05, 0.1) is 35.2 Å². The van der Waals surface area contributed by atoms with E-state index in [4.69, 9.17) is 4.74 Å². The van der Waals surface area contributed by atoms with Gasteiger partial charge in [0, 0.05) is 12.7 Å². The maximum atomic E-state index is 14.3.